The van der Waals surface area contributed by atoms with E-state index in [1.807, 2.05) is 60.1 Å². The smallest absolute Gasteiger partial charge is 0.345 e. The van der Waals surface area contributed by atoms with Crippen LogP contribution in [0.3, 0.4) is 0 Å². The van der Waals surface area contributed by atoms with Crippen LogP contribution < -0.4 is 9.30 Å². The highest BCUT2D eigenvalue weighted by Crippen LogP contribution is 2.30. The molecule has 1 heterocycles. The maximum atomic E-state index is 13.4. The number of pyridine rings is 1. The number of para-hydroxylation sites is 3. The summed E-state index contributed by atoms with van der Waals surface area (Å²) >= 11 is 0. The van der Waals surface area contributed by atoms with Crippen LogP contribution in [0.5, 0.6) is 5.75 Å². The number of ketones is 2. The van der Waals surface area contributed by atoms with E-state index in [0.29, 0.717) is 5.56 Å². The zero-order valence-corrected chi connectivity index (χ0v) is 16.9. The summed E-state index contributed by atoms with van der Waals surface area (Å²) in [7, 11) is 1.94. The number of Topliss-reactive ketones (excluding diaryl/α,β-unsaturated/α-hetero) is 2. The molecule has 30 heavy (non-hydrogen) atoms. The van der Waals surface area contributed by atoms with Crippen molar-refractivity contribution >= 4 is 39.3 Å². The van der Waals surface area contributed by atoms with Crippen molar-refractivity contribution in [3.63, 3.8) is 0 Å². The van der Waals surface area contributed by atoms with Gasteiger partial charge in [0.15, 0.2) is 17.3 Å². The van der Waals surface area contributed by atoms with E-state index in [1.165, 1.54) is 13.8 Å². The Morgan fingerprint density at radius 2 is 1.17 bits per heavy atom. The van der Waals surface area contributed by atoms with Gasteiger partial charge in [0.05, 0.1) is 27.5 Å². The minimum absolute atomic E-state index is 0.00360. The third-order valence-corrected chi connectivity index (χ3v) is 5.24. The van der Waals surface area contributed by atoms with Crippen molar-refractivity contribution in [1.29, 1.82) is 0 Å². The molecule has 0 amide bonds. The summed E-state index contributed by atoms with van der Waals surface area (Å²) in [5.74, 6) is -1.17. The van der Waals surface area contributed by atoms with Gasteiger partial charge in [-0.15, -0.1) is 0 Å². The van der Waals surface area contributed by atoms with Crippen LogP contribution in [-0.4, -0.2) is 17.5 Å². The van der Waals surface area contributed by atoms with E-state index in [2.05, 4.69) is 0 Å². The predicted octanol–water partition coefficient (Wildman–Crippen LogP) is 4.44. The normalized spacial score (nSPS) is 10.9. The van der Waals surface area contributed by atoms with E-state index in [4.69, 9.17) is 4.74 Å². The predicted molar refractivity (Wildman–Crippen MR) is 114 cm³/mol. The Labute approximate surface area is 173 Å². The summed E-state index contributed by atoms with van der Waals surface area (Å²) in [5.41, 5.74) is 2.54. The Morgan fingerprint density at radius 3 is 1.63 bits per heavy atom. The third kappa shape index (κ3) is 3.14. The van der Waals surface area contributed by atoms with E-state index in [1.54, 1.807) is 18.2 Å². The zero-order valence-electron chi connectivity index (χ0n) is 16.9. The van der Waals surface area contributed by atoms with E-state index in [9.17, 15) is 14.4 Å². The summed E-state index contributed by atoms with van der Waals surface area (Å²) in [6.45, 7) is 2.76. The van der Waals surface area contributed by atoms with Crippen molar-refractivity contribution in [1.82, 2.24) is 0 Å². The Balaban J connectivity index is 1.97. The number of fused-ring (bicyclic) bond motifs is 2. The molecular weight excluding hydrogens is 378 g/mol. The van der Waals surface area contributed by atoms with E-state index in [0.717, 1.165) is 21.8 Å². The van der Waals surface area contributed by atoms with Gasteiger partial charge in [0.1, 0.15) is 7.05 Å². The molecular formula is C25H20NO4+. The number of carbonyl (C=O) groups excluding carboxylic acids is 3. The van der Waals surface area contributed by atoms with Crippen LogP contribution in [-0.2, 0) is 7.05 Å². The fourth-order valence-corrected chi connectivity index (χ4v) is 3.79. The van der Waals surface area contributed by atoms with Crippen LogP contribution in [0.2, 0.25) is 0 Å². The first kappa shape index (κ1) is 19.5. The molecule has 0 N–H and O–H groups in total. The monoisotopic (exact) mass is 398 g/mol. The SMILES string of the molecule is CC(=O)c1cccc(C(C)=O)c1OC(=O)c1c2ccccc2[n+](C)c2ccccc12. The van der Waals surface area contributed by atoms with Crippen LogP contribution in [0.25, 0.3) is 21.8 Å². The molecule has 0 atom stereocenters. The van der Waals surface area contributed by atoms with Gasteiger partial charge >= 0.3 is 5.97 Å². The van der Waals surface area contributed by atoms with E-state index in [-0.39, 0.29) is 28.4 Å². The molecule has 5 nitrogen and oxygen atoms in total. The number of benzene rings is 3. The molecule has 0 fully saturated rings. The minimum atomic E-state index is -0.612. The lowest BCUT2D eigenvalue weighted by molar-refractivity contribution is -0.617. The van der Waals surface area contributed by atoms with Gasteiger partial charge in [-0.2, -0.15) is 4.57 Å². The summed E-state index contributed by atoms with van der Waals surface area (Å²) < 4.78 is 7.77. The molecule has 0 aliphatic heterocycles. The van der Waals surface area contributed by atoms with Crippen LogP contribution in [0.15, 0.2) is 66.7 Å². The van der Waals surface area contributed by atoms with Crippen molar-refractivity contribution < 1.29 is 23.7 Å². The number of rotatable bonds is 4. The molecule has 0 radical (unpaired) electrons. The van der Waals surface area contributed by atoms with Crippen molar-refractivity contribution in [3.8, 4) is 5.75 Å². The fourth-order valence-electron chi connectivity index (χ4n) is 3.79. The maximum absolute atomic E-state index is 13.4. The number of carbonyl (C=O) groups is 3. The molecule has 5 heteroatoms. The van der Waals surface area contributed by atoms with Crippen LogP contribution in [0.4, 0.5) is 0 Å². The lowest BCUT2D eigenvalue weighted by atomic mass is 10.0. The van der Waals surface area contributed by atoms with Crippen LogP contribution in [0, 0.1) is 0 Å². The van der Waals surface area contributed by atoms with Gasteiger partial charge in [-0.25, -0.2) is 4.79 Å². The highest BCUT2D eigenvalue weighted by Gasteiger charge is 2.26. The van der Waals surface area contributed by atoms with Gasteiger partial charge in [0.2, 0.25) is 11.0 Å². The fraction of sp³-hybridized carbons (Fsp3) is 0.120. The first-order chi connectivity index (χ1) is 14.4. The van der Waals surface area contributed by atoms with Gasteiger partial charge in [-0.1, -0.05) is 30.3 Å². The number of aryl methyl sites for hydroxylation is 1. The number of hydrogen-bond acceptors (Lipinski definition) is 4. The molecule has 0 unspecified atom stereocenters. The lowest BCUT2D eigenvalue weighted by Crippen LogP contribution is -2.31. The van der Waals surface area contributed by atoms with E-state index < -0.39 is 5.97 Å². The molecule has 0 aliphatic carbocycles. The Morgan fingerprint density at radius 1 is 0.700 bits per heavy atom. The number of hydrogen-bond donors (Lipinski definition) is 0. The van der Waals surface area contributed by atoms with Crippen LogP contribution >= 0.6 is 0 Å². The standard InChI is InChI=1S/C25H20NO4/c1-15(27)17-11-8-12-18(16(2)28)24(17)30-25(29)23-19-9-4-6-13-21(19)26(3)22-14-7-5-10-20(22)23/h4-14H,1-3H3/q+1. The molecule has 148 valence electrons. The number of aromatic nitrogens is 1. The quantitative estimate of drug-likeness (QED) is 0.168. The Hall–Kier alpha value is -3.86. The Bertz CT molecular complexity index is 1270. The van der Waals surface area contributed by atoms with Crippen molar-refractivity contribution in [2.75, 3.05) is 0 Å². The van der Waals surface area contributed by atoms with Crippen molar-refractivity contribution in [3.05, 3.63) is 83.4 Å². The van der Waals surface area contributed by atoms with Crippen molar-refractivity contribution in [2.45, 2.75) is 13.8 Å². The lowest BCUT2D eigenvalue weighted by Gasteiger charge is -2.14. The number of ether oxygens (including phenoxy) is 1. The average molecular weight is 398 g/mol. The minimum Gasteiger partial charge on any atom is -0.421 e. The molecule has 0 aliphatic rings. The molecule has 0 saturated heterocycles. The molecule has 4 rings (SSSR count). The maximum Gasteiger partial charge on any atom is 0.345 e. The summed E-state index contributed by atoms with van der Waals surface area (Å²) in [6.07, 6.45) is 0. The largest absolute Gasteiger partial charge is 0.421 e. The molecule has 4 aromatic rings. The second-order valence-corrected chi connectivity index (χ2v) is 7.15. The highest BCUT2D eigenvalue weighted by molar-refractivity contribution is 6.14. The van der Waals surface area contributed by atoms with Crippen LogP contribution in [0.1, 0.15) is 44.9 Å². The zero-order chi connectivity index (χ0) is 21.4. The van der Waals surface area contributed by atoms with Crippen molar-refractivity contribution in [2.24, 2.45) is 7.05 Å². The topological polar surface area (TPSA) is 64.3 Å². The molecule has 0 saturated carbocycles. The number of esters is 1. The molecule has 1 aromatic heterocycles. The van der Waals surface area contributed by atoms with Gasteiger partial charge in [0.25, 0.3) is 0 Å². The van der Waals surface area contributed by atoms with Gasteiger partial charge < -0.3 is 4.74 Å². The first-order valence-electron chi connectivity index (χ1n) is 9.56. The van der Waals surface area contributed by atoms with Gasteiger partial charge in [-0.3, -0.25) is 9.59 Å². The molecule has 3 aromatic carbocycles. The molecule has 0 spiro atoms. The second-order valence-electron chi connectivity index (χ2n) is 7.15. The third-order valence-electron chi connectivity index (χ3n) is 5.24. The van der Waals surface area contributed by atoms with Gasteiger partial charge in [-0.05, 0) is 38.1 Å². The number of nitrogens with zero attached hydrogens (tertiary/aromatic N) is 1. The van der Waals surface area contributed by atoms with Gasteiger partial charge in [0, 0.05) is 12.1 Å². The summed E-state index contributed by atoms with van der Waals surface area (Å²) in [6, 6.07) is 19.8. The first-order valence-corrected chi connectivity index (χ1v) is 9.56. The summed E-state index contributed by atoms with van der Waals surface area (Å²) in [4.78, 5) is 37.7. The van der Waals surface area contributed by atoms with E-state index >= 15 is 0 Å². The average Bonchev–Trinajstić information content (AvgIpc) is 2.74. The second kappa shape index (κ2) is 7.52. The molecule has 0 bridgehead atoms. The Kier molecular flexibility index (Phi) is 4.88. The highest BCUT2D eigenvalue weighted by atomic mass is 16.5. The summed E-state index contributed by atoms with van der Waals surface area (Å²) in [5, 5.41) is 1.46.